The molecule has 3 heteroatoms. The maximum absolute atomic E-state index is 12.6. The minimum absolute atomic E-state index is 0.00870. The molecular weight excluding hydrogens is 131 g/mol. The Balaban J connectivity index is 3.23. The van der Waals surface area contributed by atoms with Crippen LogP contribution in [0.1, 0.15) is 11.3 Å². The third-order valence-corrected chi connectivity index (χ3v) is 1.11. The van der Waals surface area contributed by atoms with Gasteiger partial charge in [-0.25, -0.2) is 4.39 Å². The van der Waals surface area contributed by atoms with Crippen molar-refractivity contribution in [2.45, 2.75) is 6.92 Å². The van der Waals surface area contributed by atoms with Gasteiger partial charge in [-0.1, -0.05) is 0 Å². The van der Waals surface area contributed by atoms with Crippen LogP contribution in [0.5, 0.6) is 0 Å². The first kappa shape index (κ1) is 6.69. The van der Waals surface area contributed by atoms with Crippen LogP contribution in [0.25, 0.3) is 0 Å². The lowest BCUT2D eigenvalue weighted by Crippen LogP contribution is -1.87. The maximum atomic E-state index is 12.6. The van der Waals surface area contributed by atoms with E-state index in [-0.39, 0.29) is 5.56 Å². The molecule has 1 rings (SSSR count). The second kappa shape index (κ2) is 2.44. The van der Waals surface area contributed by atoms with E-state index in [1.807, 2.05) is 0 Å². The SMILES string of the molecule is Cc1cc(F)c(C#N)cn1. The number of nitriles is 1. The van der Waals surface area contributed by atoms with Gasteiger partial charge in [-0.05, 0) is 13.0 Å². The molecule has 0 N–H and O–H groups in total. The predicted octanol–water partition coefficient (Wildman–Crippen LogP) is 1.40. The van der Waals surface area contributed by atoms with Crippen LogP contribution < -0.4 is 0 Å². The molecule has 0 atom stereocenters. The predicted molar refractivity (Wildman–Crippen MR) is 33.6 cm³/mol. The fraction of sp³-hybridized carbons (Fsp3) is 0.143. The van der Waals surface area contributed by atoms with Gasteiger partial charge in [0.05, 0.1) is 0 Å². The number of pyridine rings is 1. The average Bonchev–Trinajstić information content (AvgIpc) is 1.88. The van der Waals surface area contributed by atoms with Crippen molar-refractivity contribution in [1.82, 2.24) is 4.98 Å². The quantitative estimate of drug-likeness (QED) is 0.540. The molecule has 0 bridgehead atoms. The van der Waals surface area contributed by atoms with E-state index in [0.717, 1.165) is 0 Å². The number of halogens is 1. The van der Waals surface area contributed by atoms with Crippen LogP contribution in [0.3, 0.4) is 0 Å². The Hall–Kier alpha value is -1.43. The van der Waals surface area contributed by atoms with Gasteiger partial charge in [-0.2, -0.15) is 5.26 Å². The monoisotopic (exact) mass is 136 g/mol. The zero-order valence-electron chi connectivity index (χ0n) is 5.43. The van der Waals surface area contributed by atoms with Gasteiger partial charge in [0.2, 0.25) is 0 Å². The summed E-state index contributed by atoms with van der Waals surface area (Å²) in [4.78, 5) is 3.75. The summed E-state index contributed by atoms with van der Waals surface area (Å²) in [6.07, 6.45) is 1.23. The molecule has 10 heavy (non-hydrogen) atoms. The Morgan fingerprint density at radius 1 is 1.70 bits per heavy atom. The van der Waals surface area contributed by atoms with Gasteiger partial charge in [0.15, 0.2) is 0 Å². The van der Waals surface area contributed by atoms with E-state index in [4.69, 9.17) is 5.26 Å². The molecule has 0 aliphatic heterocycles. The minimum atomic E-state index is -0.505. The molecule has 0 radical (unpaired) electrons. The van der Waals surface area contributed by atoms with Gasteiger partial charge in [-0.15, -0.1) is 0 Å². The van der Waals surface area contributed by atoms with Crippen molar-refractivity contribution in [3.05, 3.63) is 29.3 Å². The van der Waals surface area contributed by atoms with E-state index in [9.17, 15) is 4.39 Å². The number of hydrogen-bond donors (Lipinski definition) is 0. The molecule has 0 saturated heterocycles. The normalized spacial score (nSPS) is 8.90. The van der Waals surface area contributed by atoms with Crippen molar-refractivity contribution in [1.29, 1.82) is 5.26 Å². The molecule has 50 valence electrons. The molecule has 0 unspecified atom stereocenters. The first-order valence-corrected chi connectivity index (χ1v) is 2.76. The summed E-state index contributed by atoms with van der Waals surface area (Å²) in [7, 11) is 0. The highest BCUT2D eigenvalue weighted by Gasteiger charge is 1.99. The lowest BCUT2D eigenvalue weighted by Gasteiger charge is -1.92. The summed E-state index contributed by atoms with van der Waals surface area (Å²) < 4.78 is 12.6. The molecule has 1 heterocycles. The highest BCUT2D eigenvalue weighted by atomic mass is 19.1. The lowest BCUT2D eigenvalue weighted by atomic mass is 10.2. The molecule has 0 fully saturated rings. The van der Waals surface area contributed by atoms with Gasteiger partial charge < -0.3 is 0 Å². The Morgan fingerprint density at radius 3 is 2.90 bits per heavy atom. The van der Waals surface area contributed by atoms with E-state index in [1.165, 1.54) is 12.3 Å². The molecule has 0 aromatic carbocycles. The van der Waals surface area contributed by atoms with E-state index < -0.39 is 5.82 Å². The van der Waals surface area contributed by atoms with E-state index in [1.54, 1.807) is 13.0 Å². The van der Waals surface area contributed by atoms with Gasteiger partial charge in [0.25, 0.3) is 0 Å². The first-order valence-electron chi connectivity index (χ1n) is 2.76. The van der Waals surface area contributed by atoms with Gasteiger partial charge in [-0.3, -0.25) is 4.98 Å². The highest BCUT2D eigenvalue weighted by Crippen LogP contribution is 2.04. The Morgan fingerprint density at radius 2 is 2.40 bits per heavy atom. The first-order chi connectivity index (χ1) is 4.74. The summed E-state index contributed by atoms with van der Waals surface area (Å²) in [5.41, 5.74) is 0.571. The number of aromatic nitrogens is 1. The summed E-state index contributed by atoms with van der Waals surface area (Å²) in [5, 5.41) is 8.28. The number of rotatable bonds is 0. The van der Waals surface area contributed by atoms with Crippen LogP contribution in [0.4, 0.5) is 4.39 Å². The van der Waals surface area contributed by atoms with E-state index in [0.29, 0.717) is 5.69 Å². The molecular formula is C7H5FN2. The zero-order chi connectivity index (χ0) is 7.56. The van der Waals surface area contributed by atoms with Crippen molar-refractivity contribution in [2.75, 3.05) is 0 Å². The Bertz CT molecular complexity index is 288. The molecule has 0 amide bonds. The van der Waals surface area contributed by atoms with Crippen LogP contribution in [0, 0.1) is 24.1 Å². The Kier molecular flexibility index (Phi) is 1.63. The standard InChI is InChI=1S/C7H5FN2/c1-5-2-7(8)6(3-9)4-10-5/h2,4H,1H3. The molecule has 0 aliphatic carbocycles. The lowest BCUT2D eigenvalue weighted by molar-refractivity contribution is 0.619. The number of nitrogens with zero attached hydrogens (tertiary/aromatic N) is 2. The van der Waals surface area contributed by atoms with Crippen LogP contribution >= 0.6 is 0 Å². The minimum Gasteiger partial charge on any atom is -0.260 e. The van der Waals surface area contributed by atoms with E-state index >= 15 is 0 Å². The van der Waals surface area contributed by atoms with Crippen LogP contribution in [0.2, 0.25) is 0 Å². The van der Waals surface area contributed by atoms with Gasteiger partial charge in [0.1, 0.15) is 17.4 Å². The van der Waals surface area contributed by atoms with Crippen LogP contribution in [-0.2, 0) is 0 Å². The van der Waals surface area contributed by atoms with Gasteiger partial charge in [0, 0.05) is 11.9 Å². The molecule has 1 aromatic rings. The average molecular weight is 136 g/mol. The third-order valence-electron chi connectivity index (χ3n) is 1.11. The third kappa shape index (κ3) is 1.11. The topological polar surface area (TPSA) is 36.7 Å². The van der Waals surface area contributed by atoms with Crippen molar-refractivity contribution in [2.24, 2.45) is 0 Å². The second-order valence-electron chi connectivity index (χ2n) is 1.92. The Labute approximate surface area is 57.9 Å². The van der Waals surface area contributed by atoms with Crippen LogP contribution in [0.15, 0.2) is 12.3 Å². The largest absolute Gasteiger partial charge is 0.260 e. The summed E-state index contributed by atoms with van der Waals surface area (Å²) in [6.45, 7) is 1.67. The van der Waals surface area contributed by atoms with Crippen molar-refractivity contribution >= 4 is 0 Å². The smallest absolute Gasteiger partial charge is 0.144 e. The molecule has 1 aromatic heterocycles. The van der Waals surface area contributed by atoms with Crippen molar-refractivity contribution < 1.29 is 4.39 Å². The number of aryl methyl sites for hydroxylation is 1. The maximum Gasteiger partial charge on any atom is 0.144 e. The highest BCUT2D eigenvalue weighted by molar-refractivity contribution is 5.27. The van der Waals surface area contributed by atoms with Crippen molar-refractivity contribution in [3.8, 4) is 6.07 Å². The summed E-state index contributed by atoms with van der Waals surface area (Å²) in [5.74, 6) is -0.505. The molecule has 2 nitrogen and oxygen atoms in total. The molecule has 0 aliphatic rings. The zero-order valence-corrected chi connectivity index (χ0v) is 5.43. The summed E-state index contributed by atoms with van der Waals surface area (Å²) in [6, 6.07) is 2.92. The van der Waals surface area contributed by atoms with Gasteiger partial charge >= 0.3 is 0 Å². The fourth-order valence-electron chi connectivity index (χ4n) is 0.609. The van der Waals surface area contributed by atoms with Crippen LogP contribution in [-0.4, -0.2) is 4.98 Å². The molecule has 0 saturated carbocycles. The molecule has 0 spiro atoms. The summed E-state index contributed by atoms with van der Waals surface area (Å²) >= 11 is 0. The van der Waals surface area contributed by atoms with E-state index in [2.05, 4.69) is 4.98 Å². The number of hydrogen-bond acceptors (Lipinski definition) is 2. The fourth-order valence-corrected chi connectivity index (χ4v) is 0.609. The van der Waals surface area contributed by atoms with Crippen molar-refractivity contribution in [3.63, 3.8) is 0 Å². The second-order valence-corrected chi connectivity index (χ2v) is 1.92.